The van der Waals surface area contributed by atoms with Crippen molar-refractivity contribution in [2.24, 2.45) is 5.16 Å². The summed E-state index contributed by atoms with van der Waals surface area (Å²) in [5, 5.41) is 4.15. The maximum absolute atomic E-state index is 12.9. The molecule has 27 heavy (non-hydrogen) atoms. The third-order valence-corrected chi connectivity index (χ3v) is 5.10. The van der Waals surface area contributed by atoms with Gasteiger partial charge < -0.3 is 19.2 Å². The number of fused-ring (bicyclic) bond motifs is 1. The molecular weight excluding hydrogens is 344 g/mol. The molecule has 1 unspecified atom stereocenters. The molecule has 2 aromatic carbocycles. The van der Waals surface area contributed by atoms with Gasteiger partial charge in [0, 0.05) is 25.1 Å². The molecule has 0 saturated carbocycles. The molecule has 0 saturated heterocycles. The summed E-state index contributed by atoms with van der Waals surface area (Å²) in [7, 11) is 3.19. The zero-order valence-corrected chi connectivity index (χ0v) is 15.5. The monoisotopic (exact) mass is 366 g/mol. The number of oxime groups is 1. The van der Waals surface area contributed by atoms with E-state index in [2.05, 4.69) is 17.3 Å². The molecule has 0 N–H and O–H groups in total. The minimum Gasteiger partial charge on any atom is -0.493 e. The lowest BCUT2D eigenvalue weighted by molar-refractivity contribution is -0.143. The largest absolute Gasteiger partial charge is 0.493 e. The highest BCUT2D eigenvalue weighted by atomic mass is 16.6. The van der Waals surface area contributed by atoms with Crippen LogP contribution in [0.15, 0.2) is 47.6 Å². The van der Waals surface area contributed by atoms with Crippen LogP contribution in [0, 0.1) is 0 Å². The van der Waals surface area contributed by atoms with Gasteiger partial charge in [0.15, 0.2) is 11.5 Å². The lowest BCUT2D eigenvalue weighted by Crippen LogP contribution is -2.42. The Morgan fingerprint density at radius 1 is 1.11 bits per heavy atom. The number of carbonyl (C=O) groups excluding carboxylic acids is 1. The number of benzene rings is 2. The van der Waals surface area contributed by atoms with Gasteiger partial charge in [-0.15, -0.1) is 0 Å². The molecule has 2 heterocycles. The van der Waals surface area contributed by atoms with Gasteiger partial charge in [-0.05, 0) is 35.7 Å². The first-order valence-electron chi connectivity index (χ1n) is 9.00. The molecule has 1 atom stereocenters. The number of ether oxygens (including phenoxy) is 2. The second-order valence-electron chi connectivity index (χ2n) is 6.68. The lowest BCUT2D eigenvalue weighted by Gasteiger charge is -2.30. The standard InChI is InChI=1S/C21H22N2O4/c1-25-18-8-7-15(11-19(18)26-2)17-12-20(27-22-17)21(24)23-10-9-14-5-3-4-6-16(14)13-23/h3-8,11,20H,9-10,12-13H2,1-2H3. The van der Waals surface area contributed by atoms with Crippen LogP contribution in [0.3, 0.4) is 0 Å². The van der Waals surface area contributed by atoms with Crippen molar-refractivity contribution in [3.05, 3.63) is 59.2 Å². The molecule has 140 valence electrons. The number of hydrogen-bond acceptors (Lipinski definition) is 5. The summed E-state index contributed by atoms with van der Waals surface area (Å²) in [6.45, 7) is 1.34. The Morgan fingerprint density at radius 2 is 1.89 bits per heavy atom. The van der Waals surface area contributed by atoms with Crippen molar-refractivity contribution in [2.45, 2.75) is 25.5 Å². The predicted molar refractivity (Wildman–Crippen MR) is 101 cm³/mol. The van der Waals surface area contributed by atoms with E-state index in [1.165, 1.54) is 11.1 Å². The maximum Gasteiger partial charge on any atom is 0.267 e. The van der Waals surface area contributed by atoms with Crippen molar-refractivity contribution in [3.63, 3.8) is 0 Å². The molecule has 4 rings (SSSR count). The van der Waals surface area contributed by atoms with Crippen LogP contribution in [0.5, 0.6) is 11.5 Å². The highest BCUT2D eigenvalue weighted by Gasteiger charge is 2.34. The predicted octanol–water partition coefficient (Wildman–Crippen LogP) is 2.78. The van der Waals surface area contributed by atoms with Crippen LogP contribution >= 0.6 is 0 Å². The SMILES string of the molecule is COc1ccc(C2=NOC(C(=O)N3CCc4ccccc4C3)C2)cc1OC. The van der Waals surface area contributed by atoms with Gasteiger partial charge in [-0.1, -0.05) is 29.4 Å². The molecule has 6 heteroatoms. The van der Waals surface area contributed by atoms with E-state index in [4.69, 9.17) is 14.3 Å². The van der Waals surface area contributed by atoms with Crippen LogP contribution in [0.1, 0.15) is 23.1 Å². The van der Waals surface area contributed by atoms with Crippen LogP contribution in [-0.2, 0) is 22.6 Å². The quantitative estimate of drug-likeness (QED) is 0.835. The molecule has 6 nitrogen and oxygen atoms in total. The Labute approximate surface area is 158 Å². The van der Waals surface area contributed by atoms with Crippen LogP contribution in [0.25, 0.3) is 0 Å². The molecule has 0 fully saturated rings. The number of rotatable bonds is 4. The zero-order valence-electron chi connectivity index (χ0n) is 15.5. The van der Waals surface area contributed by atoms with Gasteiger partial charge in [-0.2, -0.15) is 0 Å². The normalized spacial score (nSPS) is 18.4. The van der Waals surface area contributed by atoms with Gasteiger partial charge in [-0.25, -0.2) is 0 Å². The molecule has 0 aromatic heterocycles. The van der Waals surface area contributed by atoms with Crippen molar-refractivity contribution in [2.75, 3.05) is 20.8 Å². The molecule has 0 bridgehead atoms. The van der Waals surface area contributed by atoms with E-state index in [0.29, 0.717) is 31.0 Å². The second kappa shape index (κ2) is 7.31. The fourth-order valence-corrected chi connectivity index (χ4v) is 3.58. The number of carbonyl (C=O) groups is 1. The van der Waals surface area contributed by atoms with Crippen molar-refractivity contribution >= 4 is 11.6 Å². The van der Waals surface area contributed by atoms with Crippen molar-refractivity contribution in [1.29, 1.82) is 0 Å². The highest BCUT2D eigenvalue weighted by molar-refractivity contribution is 6.04. The van der Waals surface area contributed by atoms with Crippen LogP contribution in [0.2, 0.25) is 0 Å². The van der Waals surface area contributed by atoms with Crippen LogP contribution in [-0.4, -0.2) is 43.4 Å². The number of hydrogen-bond donors (Lipinski definition) is 0. The van der Waals surface area contributed by atoms with Gasteiger partial charge in [0.2, 0.25) is 6.10 Å². The van der Waals surface area contributed by atoms with Gasteiger partial charge in [0.25, 0.3) is 5.91 Å². The summed E-state index contributed by atoms with van der Waals surface area (Å²) in [5.74, 6) is 1.27. The van der Waals surface area contributed by atoms with E-state index in [1.807, 2.05) is 35.2 Å². The summed E-state index contributed by atoms with van der Waals surface area (Å²) >= 11 is 0. The van der Waals surface area contributed by atoms with Crippen molar-refractivity contribution < 1.29 is 19.1 Å². The van der Waals surface area contributed by atoms with Gasteiger partial charge >= 0.3 is 0 Å². The number of amides is 1. The van der Waals surface area contributed by atoms with E-state index in [-0.39, 0.29) is 5.91 Å². The summed E-state index contributed by atoms with van der Waals surface area (Å²) in [4.78, 5) is 20.2. The summed E-state index contributed by atoms with van der Waals surface area (Å²) in [5.41, 5.74) is 4.13. The molecule has 2 aliphatic heterocycles. The van der Waals surface area contributed by atoms with E-state index in [9.17, 15) is 4.79 Å². The molecule has 2 aromatic rings. The minimum absolute atomic E-state index is 0.0104. The fourth-order valence-electron chi connectivity index (χ4n) is 3.58. The summed E-state index contributed by atoms with van der Waals surface area (Å²) in [6, 6.07) is 13.8. The van der Waals surface area contributed by atoms with E-state index < -0.39 is 6.10 Å². The first kappa shape index (κ1) is 17.4. The number of methoxy groups -OCH3 is 2. The minimum atomic E-state index is -0.571. The van der Waals surface area contributed by atoms with Gasteiger partial charge in [-0.3, -0.25) is 4.79 Å². The zero-order chi connectivity index (χ0) is 18.8. The van der Waals surface area contributed by atoms with E-state index in [1.54, 1.807) is 14.2 Å². The Hall–Kier alpha value is -3.02. The second-order valence-corrected chi connectivity index (χ2v) is 6.68. The molecular formula is C21H22N2O4. The topological polar surface area (TPSA) is 60.4 Å². The fraction of sp³-hybridized carbons (Fsp3) is 0.333. The van der Waals surface area contributed by atoms with E-state index in [0.717, 1.165) is 17.7 Å². The first-order chi connectivity index (χ1) is 13.2. The first-order valence-corrected chi connectivity index (χ1v) is 9.00. The summed E-state index contributed by atoms with van der Waals surface area (Å²) in [6.07, 6.45) is 0.753. The molecule has 0 radical (unpaired) electrons. The van der Waals surface area contributed by atoms with Crippen molar-refractivity contribution in [3.8, 4) is 11.5 Å². The number of nitrogens with zero attached hydrogens (tertiary/aromatic N) is 2. The average molecular weight is 366 g/mol. The molecule has 0 aliphatic carbocycles. The Bertz CT molecular complexity index is 894. The summed E-state index contributed by atoms with van der Waals surface area (Å²) < 4.78 is 10.6. The Balaban J connectivity index is 1.44. The smallest absolute Gasteiger partial charge is 0.267 e. The average Bonchev–Trinajstić information content (AvgIpc) is 3.22. The molecule has 0 spiro atoms. The van der Waals surface area contributed by atoms with Gasteiger partial charge in [0.1, 0.15) is 0 Å². The molecule has 2 aliphatic rings. The van der Waals surface area contributed by atoms with Crippen LogP contribution < -0.4 is 9.47 Å². The highest BCUT2D eigenvalue weighted by Crippen LogP contribution is 2.30. The third kappa shape index (κ3) is 3.35. The van der Waals surface area contributed by atoms with Gasteiger partial charge in [0.05, 0.1) is 19.9 Å². The van der Waals surface area contributed by atoms with Crippen LogP contribution in [0.4, 0.5) is 0 Å². The maximum atomic E-state index is 12.9. The third-order valence-electron chi connectivity index (χ3n) is 5.10. The van der Waals surface area contributed by atoms with Crippen molar-refractivity contribution in [1.82, 2.24) is 4.90 Å². The Morgan fingerprint density at radius 3 is 2.67 bits per heavy atom. The molecule has 1 amide bonds. The Kier molecular flexibility index (Phi) is 4.71. The lowest BCUT2D eigenvalue weighted by atomic mass is 9.98. The van der Waals surface area contributed by atoms with E-state index >= 15 is 0 Å².